The fourth-order valence-corrected chi connectivity index (χ4v) is 3.41. The maximum atomic E-state index is 12.4. The van der Waals surface area contributed by atoms with Gasteiger partial charge in [0, 0.05) is 19.0 Å². The molecule has 18 heavy (non-hydrogen) atoms. The Hall–Kier alpha value is -1.06. The number of carbonyl (C=O) groups excluding carboxylic acids is 2. The molecule has 3 atom stereocenters. The second-order valence-electron chi connectivity index (χ2n) is 6.71. The minimum atomic E-state index is -0.241. The molecule has 1 aliphatic heterocycles. The molecule has 0 bridgehead atoms. The zero-order chi connectivity index (χ0) is 13.5. The van der Waals surface area contributed by atoms with Crippen molar-refractivity contribution in [2.75, 3.05) is 6.54 Å². The van der Waals surface area contributed by atoms with Crippen LogP contribution < -0.4 is 5.32 Å². The molecular weight excluding hydrogens is 228 g/mol. The summed E-state index contributed by atoms with van der Waals surface area (Å²) in [5.74, 6) is 0.950. The normalized spacial score (nSPS) is 31.3. The highest BCUT2D eigenvalue weighted by atomic mass is 16.2. The molecule has 1 saturated carbocycles. The van der Waals surface area contributed by atoms with Crippen molar-refractivity contribution in [2.24, 2.45) is 11.8 Å². The smallest absolute Gasteiger partial charge is 0.243 e. The Morgan fingerprint density at radius 1 is 1.22 bits per heavy atom. The van der Waals surface area contributed by atoms with Crippen molar-refractivity contribution < 1.29 is 9.59 Å². The number of likely N-dealkylation sites (tertiary alicyclic amines) is 1. The molecule has 0 aromatic heterocycles. The highest BCUT2D eigenvalue weighted by Gasteiger charge is 2.48. The summed E-state index contributed by atoms with van der Waals surface area (Å²) in [6, 6.07) is -0.241. The van der Waals surface area contributed by atoms with E-state index in [1.165, 1.54) is 6.42 Å². The molecule has 4 heteroatoms. The van der Waals surface area contributed by atoms with E-state index in [0.717, 1.165) is 19.4 Å². The average molecular weight is 252 g/mol. The van der Waals surface area contributed by atoms with Crippen LogP contribution in [0.1, 0.15) is 47.0 Å². The van der Waals surface area contributed by atoms with Gasteiger partial charge in [-0.15, -0.1) is 0 Å². The van der Waals surface area contributed by atoms with E-state index in [0.29, 0.717) is 11.8 Å². The van der Waals surface area contributed by atoms with Gasteiger partial charge in [-0.1, -0.05) is 6.42 Å². The molecule has 0 spiro atoms. The van der Waals surface area contributed by atoms with Crippen LogP contribution in [-0.2, 0) is 9.59 Å². The molecular formula is C14H24N2O2. The van der Waals surface area contributed by atoms with Gasteiger partial charge in [-0.2, -0.15) is 0 Å². The van der Waals surface area contributed by atoms with Gasteiger partial charge in [0.25, 0.3) is 0 Å². The summed E-state index contributed by atoms with van der Waals surface area (Å²) in [6.07, 6.45) is 3.44. The largest absolute Gasteiger partial charge is 0.350 e. The number of amides is 2. The Bertz CT molecular complexity index is 359. The van der Waals surface area contributed by atoms with Crippen molar-refractivity contribution in [3.63, 3.8) is 0 Å². The van der Waals surface area contributed by atoms with E-state index in [-0.39, 0.29) is 23.4 Å². The van der Waals surface area contributed by atoms with Gasteiger partial charge in [-0.25, -0.2) is 0 Å². The summed E-state index contributed by atoms with van der Waals surface area (Å²) in [7, 11) is 0. The first kappa shape index (κ1) is 13.4. The van der Waals surface area contributed by atoms with Gasteiger partial charge >= 0.3 is 0 Å². The average Bonchev–Trinajstić information content (AvgIpc) is 2.70. The number of carbonyl (C=O) groups is 2. The maximum Gasteiger partial charge on any atom is 0.243 e. The van der Waals surface area contributed by atoms with Crippen molar-refractivity contribution in [3.8, 4) is 0 Å². The van der Waals surface area contributed by atoms with E-state index in [9.17, 15) is 9.59 Å². The molecule has 0 radical (unpaired) electrons. The fraction of sp³-hybridized carbons (Fsp3) is 0.857. The lowest BCUT2D eigenvalue weighted by Gasteiger charge is -2.30. The van der Waals surface area contributed by atoms with E-state index < -0.39 is 0 Å². The third-order valence-electron chi connectivity index (χ3n) is 4.06. The first-order valence-electron chi connectivity index (χ1n) is 6.89. The quantitative estimate of drug-likeness (QED) is 0.769. The number of nitrogens with one attached hydrogen (secondary N) is 1. The van der Waals surface area contributed by atoms with Gasteiger partial charge in [0.15, 0.2) is 0 Å². The molecule has 1 N–H and O–H groups in total. The van der Waals surface area contributed by atoms with E-state index in [2.05, 4.69) is 5.32 Å². The van der Waals surface area contributed by atoms with Crippen LogP contribution in [0, 0.1) is 11.8 Å². The molecule has 2 aliphatic rings. The Morgan fingerprint density at radius 2 is 1.89 bits per heavy atom. The molecule has 102 valence electrons. The number of nitrogens with zero attached hydrogens (tertiary/aromatic N) is 1. The van der Waals surface area contributed by atoms with Gasteiger partial charge in [-0.05, 0) is 45.4 Å². The molecule has 1 saturated heterocycles. The number of fused-ring (bicyclic) bond motifs is 1. The van der Waals surface area contributed by atoms with Crippen LogP contribution in [-0.4, -0.2) is 34.8 Å². The van der Waals surface area contributed by atoms with Crippen LogP contribution in [0.5, 0.6) is 0 Å². The first-order valence-corrected chi connectivity index (χ1v) is 6.89. The lowest BCUT2D eigenvalue weighted by atomic mass is 9.93. The molecule has 1 heterocycles. The molecule has 2 rings (SSSR count). The molecule has 4 nitrogen and oxygen atoms in total. The Balaban J connectivity index is 2.16. The molecule has 0 unspecified atom stereocenters. The summed E-state index contributed by atoms with van der Waals surface area (Å²) in [5.41, 5.74) is -0.240. The van der Waals surface area contributed by atoms with Crippen molar-refractivity contribution in [2.45, 2.75) is 58.5 Å². The van der Waals surface area contributed by atoms with Gasteiger partial charge in [0.05, 0.1) is 0 Å². The van der Waals surface area contributed by atoms with Gasteiger partial charge in [-0.3, -0.25) is 9.59 Å². The molecule has 1 aliphatic carbocycles. The van der Waals surface area contributed by atoms with Crippen LogP contribution in [0.2, 0.25) is 0 Å². The van der Waals surface area contributed by atoms with Gasteiger partial charge in [0.1, 0.15) is 6.04 Å². The molecule has 2 fully saturated rings. The summed E-state index contributed by atoms with van der Waals surface area (Å²) in [6.45, 7) is 8.26. The van der Waals surface area contributed by atoms with E-state index in [4.69, 9.17) is 0 Å². The summed E-state index contributed by atoms with van der Waals surface area (Å²) in [5, 5.41) is 3.03. The monoisotopic (exact) mass is 252 g/mol. The van der Waals surface area contributed by atoms with Crippen LogP contribution in [0.4, 0.5) is 0 Å². The third kappa shape index (κ3) is 2.52. The minimum absolute atomic E-state index is 0.0205. The Kier molecular flexibility index (Phi) is 3.39. The van der Waals surface area contributed by atoms with E-state index in [1.54, 1.807) is 11.8 Å². The molecule has 0 aromatic rings. The number of rotatable bonds is 1. The highest BCUT2D eigenvalue weighted by Crippen LogP contribution is 2.42. The zero-order valence-corrected chi connectivity index (χ0v) is 11.8. The molecule has 2 amide bonds. The predicted molar refractivity (Wildman–Crippen MR) is 69.9 cm³/mol. The van der Waals surface area contributed by atoms with Crippen LogP contribution in [0.15, 0.2) is 0 Å². The van der Waals surface area contributed by atoms with Gasteiger partial charge in [0.2, 0.25) is 11.8 Å². The maximum absolute atomic E-state index is 12.4. The zero-order valence-electron chi connectivity index (χ0n) is 11.8. The topological polar surface area (TPSA) is 49.4 Å². The SMILES string of the molecule is CC(=O)N1C[C@@H]2CCC[C@@H]2[C@H]1C(=O)NC(C)(C)C. The van der Waals surface area contributed by atoms with Crippen LogP contribution in [0.3, 0.4) is 0 Å². The highest BCUT2D eigenvalue weighted by molar-refractivity contribution is 5.88. The lowest BCUT2D eigenvalue weighted by molar-refractivity contribution is -0.138. The van der Waals surface area contributed by atoms with Gasteiger partial charge < -0.3 is 10.2 Å². The van der Waals surface area contributed by atoms with E-state index >= 15 is 0 Å². The second-order valence-corrected chi connectivity index (χ2v) is 6.71. The van der Waals surface area contributed by atoms with Crippen molar-refractivity contribution in [1.82, 2.24) is 10.2 Å². The predicted octanol–water partition coefficient (Wildman–Crippen LogP) is 1.55. The second kappa shape index (κ2) is 4.56. The first-order chi connectivity index (χ1) is 8.29. The standard InChI is InChI=1S/C14H24N2O2/c1-9(17)16-8-10-6-5-7-11(10)12(16)13(18)15-14(2,3)4/h10-12H,5-8H2,1-4H3,(H,15,18)/t10-,11-,12-/m0/s1. The van der Waals surface area contributed by atoms with Crippen molar-refractivity contribution in [3.05, 3.63) is 0 Å². The van der Waals surface area contributed by atoms with Crippen molar-refractivity contribution >= 4 is 11.8 Å². The number of hydrogen-bond donors (Lipinski definition) is 1. The summed E-state index contributed by atoms with van der Waals surface area (Å²) < 4.78 is 0. The molecule has 0 aromatic carbocycles. The minimum Gasteiger partial charge on any atom is -0.350 e. The number of hydrogen-bond acceptors (Lipinski definition) is 2. The fourth-order valence-electron chi connectivity index (χ4n) is 3.41. The summed E-state index contributed by atoms with van der Waals surface area (Å²) in [4.78, 5) is 25.9. The Morgan fingerprint density at radius 3 is 2.44 bits per heavy atom. The summed E-state index contributed by atoms with van der Waals surface area (Å²) >= 11 is 0. The Labute approximate surface area is 109 Å². The van der Waals surface area contributed by atoms with E-state index in [1.807, 2.05) is 20.8 Å². The van der Waals surface area contributed by atoms with Crippen molar-refractivity contribution in [1.29, 1.82) is 0 Å². The van der Waals surface area contributed by atoms with Crippen LogP contribution >= 0.6 is 0 Å². The third-order valence-corrected chi connectivity index (χ3v) is 4.06. The lowest BCUT2D eigenvalue weighted by Crippen LogP contribution is -2.52. The van der Waals surface area contributed by atoms with Crippen LogP contribution in [0.25, 0.3) is 0 Å².